The summed E-state index contributed by atoms with van der Waals surface area (Å²) in [6.45, 7) is 0.743. The number of carbonyl (C=O) groups is 2. The molecule has 8 heteroatoms. The Morgan fingerprint density at radius 2 is 1.96 bits per heavy atom. The number of rotatable bonds is 8. The zero-order valence-electron chi connectivity index (χ0n) is 14.0. The molecule has 0 saturated carbocycles. The van der Waals surface area contributed by atoms with E-state index in [9.17, 15) is 14.0 Å². The fourth-order valence-electron chi connectivity index (χ4n) is 2.13. The number of benzene rings is 1. The summed E-state index contributed by atoms with van der Waals surface area (Å²) >= 11 is 0. The van der Waals surface area contributed by atoms with Crippen molar-refractivity contribution in [1.29, 1.82) is 0 Å². The second kappa shape index (κ2) is 8.93. The zero-order chi connectivity index (χ0) is 18.2. The fraction of sp³-hybridized carbons (Fsp3) is 0.353. The summed E-state index contributed by atoms with van der Waals surface area (Å²) in [4.78, 5) is 29.4. The number of hydrogen-bond donors (Lipinski definition) is 0. The SMILES string of the molecule is COCCN(Cc1nc(C(=O)OC)co1)C(=O)Cc1ccc(F)cc1. The lowest BCUT2D eigenvalue weighted by Crippen LogP contribution is -2.34. The molecule has 0 atom stereocenters. The molecular formula is C17H19FN2O5. The topological polar surface area (TPSA) is 81.9 Å². The first-order valence-corrected chi connectivity index (χ1v) is 7.57. The number of oxazole rings is 1. The van der Waals surface area contributed by atoms with E-state index in [0.29, 0.717) is 18.7 Å². The van der Waals surface area contributed by atoms with Crippen LogP contribution in [0.25, 0.3) is 0 Å². The van der Waals surface area contributed by atoms with Crippen molar-refractivity contribution in [2.45, 2.75) is 13.0 Å². The molecule has 0 radical (unpaired) electrons. The summed E-state index contributed by atoms with van der Waals surface area (Å²) in [6, 6.07) is 5.72. The van der Waals surface area contributed by atoms with Crippen molar-refractivity contribution in [3.05, 3.63) is 53.5 Å². The van der Waals surface area contributed by atoms with E-state index in [0.717, 1.165) is 0 Å². The molecule has 134 valence electrons. The van der Waals surface area contributed by atoms with Gasteiger partial charge in [0.15, 0.2) is 5.69 Å². The smallest absolute Gasteiger partial charge is 0.360 e. The van der Waals surface area contributed by atoms with Crippen LogP contribution in [0.1, 0.15) is 21.9 Å². The van der Waals surface area contributed by atoms with Crippen LogP contribution < -0.4 is 0 Å². The Labute approximate surface area is 144 Å². The Morgan fingerprint density at radius 1 is 1.24 bits per heavy atom. The highest BCUT2D eigenvalue weighted by molar-refractivity contribution is 5.86. The lowest BCUT2D eigenvalue weighted by atomic mass is 10.1. The molecule has 7 nitrogen and oxygen atoms in total. The third kappa shape index (κ3) is 5.39. The van der Waals surface area contributed by atoms with E-state index in [2.05, 4.69) is 9.72 Å². The largest absolute Gasteiger partial charge is 0.464 e. The molecule has 1 heterocycles. The molecule has 0 spiro atoms. The van der Waals surface area contributed by atoms with Gasteiger partial charge < -0.3 is 18.8 Å². The first-order chi connectivity index (χ1) is 12.0. The van der Waals surface area contributed by atoms with Gasteiger partial charge in [-0.3, -0.25) is 4.79 Å². The average Bonchev–Trinajstić information content (AvgIpc) is 3.08. The Bertz CT molecular complexity index is 714. The van der Waals surface area contributed by atoms with Gasteiger partial charge in [0.1, 0.15) is 12.1 Å². The van der Waals surface area contributed by atoms with Crippen molar-refractivity contribution in [2.75, 3.05) is 27.4 Å². The Morgan fingerprint density at radius 3 is 2.60 bits per heavy atom. The molecule has 2 rings (SSSR count). The van der Waals surface area contributed by atoms with Crippen LogP contribution in [0.2, 0.25) is 0 Å². The minimum absolute atomic E-state index is 0.0372. The van der Waals surface area contributed by atoms with Gasteiger partial charge in [0.25, 0.3) is 0 Å². The van der Waals surface area contributed by atoms with Crippen LogP contribution in [0.3, 0.4) is 0 Å². The Hall–Kier alpha value is -2.74. The molecule has 0 saturated heterocycles. The molecule has 1 amide bonds. The highest BCUT2D eigenvalue weighted by Gasteiger charge is 2.19. The molecular weight excluding hydrogens is 331 g/mol. The standard InChI is InChI=1S/C17H19FN2O5/c1-23-8-7-20(10-15-19-14(11-25-15)17(22)24-2)16(21)9-12-3-5-13(18)6-4-12/h3-6,11H,7-10H2,1-2H3. The van der Waals surface area contributed by atoms with Gasteiger partial charge in [0.2, 0.25) is 11.8 Å². The van der Waals surface area contributed by atoms with Crippen molar-refractivity contribution < 1.29 is 27.9 Å². The van der Waals surface area contributed by atoms with Gasteiger partial charge in [-0.15, -0.1) is 0 Å². The Balaban J connectivity index is 2.06. The number of nitrogens with zero attached hydrogens (tertiary/aromatic N) is 2. The maximum Gasteiger partial charge on any atom is 0.360 e. The summed E-state index contributed by atoms with van der Waals surface area (Å²) in [6.07, 6.45) is 1.29. The average molecular weight is 350 g/mol. The van der Waals surface area contributed by atoms with Crippen LogP contribution in [0.5, 0.6) is 0 Å². The van der Waals surface area contributed by atoms with E-state index in [-0.39, 0.29) is 36.3 Å². The maximum atomic E-state index is 13.0. The molecule has 0 aliphatic carbocycles. The van der Waals surface area contributed by atoms with E-state index >= 15 is 0 Å². The predicted octanol–water partition coefficient (Wildman–Crippen LogP) is 1.82. The number of aromatic nitrogens is 1. The minimum atomic E-state index is -0.615. The third-order valence-corrected chi connectivity index (χ3v) is 3.46. The molecule has 0 bridgehead atoms. The minimum Gasteiger partial charge on any atom is -0.464 e. The molecule has 1 aromatic heterocycles. The number of ether oxygens (including phenoxy) is 2. The number of hydrogen-bond acceptors (Lipinski definition) is 6. The van der Waals surface area contributed by atoms with Crippen LogP contribution in [0.15, 0.2) is 34.9 Å². The van der Waals surface area contributed by atoms with Gasteiger partial charge in [-0.2, -0.15) is 0 Å². The van der Waals surface area contributed by atoms with Gasteiger partial charge in [0, 0.05) is 13.7 Å². The van der Waals surface area contributed by atoms with Gasteiger partial charge in [0.05, 0.1) is 26.7 Å². The first-order valence-electron chi connectivity index (χ1n) is 7.57. The molecule has 1 aromatic carbocycles. The maximum absolute atomic E-state index is 13.0. The van der Waals surface area contributed by atoms with Crippen LogP contribution in [-0.4, -0.2) is 49.1 Å². The normalized spacial score (nSPS) is 10.5. The fourth-order valence-corrected chi connectivity index (χ4v) is 2.13. The number of esters is 1. The summed E-state index contributed by atoms with van der Waals surface area (Å²) in [7, 11) is 2.77. The molecule has 0 aliphatic rings. The summed E-state index contributed by atoms with van der Waals surface area (Å²) in [5, 5.41) is 0. The van der Waals surface area contributed by atoms with Crippen molar-refractivity contribution in [3.63, 3.8) is 0 Å². The van der Waals surface area contributed by atoms with E-state index < -0.39 is 5.97 Å². The molecule has 0 unspecified atom stereocenters. The van der Waals surface area contributed by atoms with E-state index in [1.807, 2.05) is 0 Å². The van der Waals surface area contributed by atoms with Gasteiger partial charge in [-0.25, -0.2) is 14.2 Å². The quantitative estimate of drug-likeness (QED) is 0.676. The predicted molar refractivity (Wildman–Crippen MR) is 85.2 cm³/mol. The zero-order valence-corrected chi connectivity index (χ0v) is 14.0. The molecule has 0 fully saturated rings. The van der Waals surface area contributed by atoms with Crippen molar-refractivity contribution in [2.24, 2.45) is 0 Å². The molecule has 0 N–H and O–H groups in total. The number of carbonyl (C=O) groups excluding carboxylic acids is 2. The summed E-state index contributed by atoms with van der Waals surface area (Å²) in [5.74, 6) is -0.955. The second-order valence-electron chi connectivity index (χ2n) is 5.23. The van der Waals surface area contributed by atoms with Crippen LogP contribution in [0, 0.1) is 5.82 Å². The van der Waals surface area contributed by atoms with Gasteiger partial charge >= 0.3 is 5.97 Å². The van der Waals surface area contributed by atoms with Crippen molar-refractivity contribution in [1.82, 2.24) is 9.88 Å². The molecule has 25 heavy (non-hydrogen) atoms. The molecule has 0 aliphatic heterocycles. The van der Waals surface area contributed by atoms with E-state index in [1.54, 1.807) is 12.1 Å². The molecule has 2 aromatic rings. The lowest BCUT2D eigenvalue weighted by Gasteiger charge is -2.21. The van der Waals surface area contributed by atoms with Crippen LogP contribution >= 0.6 is 0 Å². The highest BCUT2D eigenvalue weighted by atomic mass is 19.1. The number of amides is 1. The van der Waals surface area contributed by atoms with E-state index in [4.69, 9.17) is 9.15 Å². The van der Waals surface area contributed by atoms with Crippen molar-refractivity contribution >= 4 is 11.9 Å². The van der Waals surface area contributed by atoms with Gasteiger partial charge in [-0.05, 0) is 17.7 Å². The summed E-state index contributed by atoms with van der Waals surface area (Å²) in [5.41, 5.74) is 0.728. The Kier molecular flexibility index (Phi) is 6.64. The van der Waals surface area contributed by atoms with E-state index in [1.165, 1.54) is 37.5 Å². The third-order valence-electron chi connectivity index (χ3n) is 3.46. The first kappa shape index (κ1) is 18.6. The van der Waals surface area contributed by atoms with Crippen LogP contribution in [0.4, 0.5) is 4.39 Å². The number of halogens is 1. The van der Waals surface area contributed by atoms with Crippen LogP contribution in [-0.2, 0) is 27.2 Å². The highest BCUT2D eigenvalue weighted by Crippen LogP contribution is 2.10. The van der Waals surface area contributed by atoms with Gasteiger partial charge in [-0.1, -0.05) is 12.1 Å². The number of methoxy groups -OCH3 is 2. The summed E-state index contributed by atoms with van der Waals surface area (Å²) < 4.78 is 27.8. The second-order valence-corrected chi connectivity index (χ2v) is 5.23. The monoisotopic (exact) mass is 350 g/mol. The lowest BCUT2D eigenvalue weighted by molar-refractivity contribution is -0.132. The van der Waals surface area contributed by atoms with Crippen molar-refractivity contribution in [3.8, 4) is 0 Å².